The molecule has 37 valence electrons. The molecular weight excluding hydrogens is 82.0 g/mol. The first-order valence-corrected chi connectivity index (χ1v) is 1.76. The highest BCUT2D eigenvalue weighted by molar-refractivity contribution is 4.47. The van der Waals surface area contributed by atoms with Crippen LogP contribution in [0.3, 0.4) is 0 Å². The van der Waals surface area contributed by atoms with Crippen molar-refractivity contribution < 1.29 is 10.2 Å². The summed E-state index contributed by atoms with van der Waals surface area (Å²) < 4.78 is 0. The number of aliphatic hydroxyl groups excluding tert-OH is 1. The summed E-state index contributed by atoms with van der Waals surface area (Å²) in [5.74, 6) is 0. The molecule has 0 aliphatic heterocycles. The highest BCUT2D eigenvalue weighted by atomic mass is 16.5. The van der Waals surface area contributed by atoms with Crippen molar-refractivity contribution in [1.29, 1.82) is 0 Å². The van der Waals surface area contributed by atoms with Gasteiger partial charge in [-0.2, -0.15) is 0 Å². The van der Waals surface area contributed by atoms with Crippen LogP contribution in [0.25, 0.3) is 0 Å². The highest BCUT2D eigenvalue weighted by Crippen LogP contribution is 1.70. The first kappa shape index (κ1) is 5.88. The van der Waals surface area contributed by atoms with Gasteiger partial charge in [-0.25, -0.2) is 0 Å². The topological polar surface area (TPSA) is 52.5 Å². The van der Waals surface area contributed by atoms with Gasteiger partial charge in [-0.1, -0.05) is 6.92 Å². The van der Waals surface area contributed by atoms with Gasteiger partial charge in [0.25, 0.3) is 6.41 Å². The van der Waals surface area contributed by atoms with E-state index in [1.54, 1.807) is 6.92 Å². The maximum atomic E-state index is 7.91. The van der Waals surface area contributed by atoms with Crippen molar-refractivity contribution in [1.82, 2.24) is 5.32 Å². The van der Waals surface area contributed by atoms with Crippen molar-refractivity contribution >= 4 is 0 Å². The lowest BCUT2D eigenvalue weighted by atomic mass is 10.7. The maximum Gasteiger partial charge on any atom is 0.295 e. The Kier molecular flexibility index (Phi) is 3.02. The fourth-order valence-corrected chi connectivity index (χ4v) is 0.158. The van der Waals surface area contributed by atoms with E-state index in [1.165, 1.54) is 0 Å². The largest absolute Gasteiger partial charge is 0.348 e. The average molecular weight is 90.1 g/mol. The lowest BCUT2D eigenvalue weighted by Crippen LogP contribution is -2.18. The molecule has 3 heteroatoms. The van der Waals surface area contributed by atoms with Gasteiger partial charge in [0.15, 0.2) is 0 Å². The molecule has 0 aliphatic rings. The Hall–Kier alpha value is -0.120. The number of rotatable bonds is 2. The monoisotopic (exact) mass is 90.1 g/mol. The van der Waals surface area contributed by atoms with Crippen molar-refractivity contribution in [3.63, 3.8) is 0 Å². The summed E-state index contributed by atoms with van der Waals surface area (Å²) in [4.78, 5) is 0. The average Bonchev–Trinajstić information content (AvgIpc) is 1.35. The third-order valence-corrected chi connectivity index (χ3v) is 0.335. The summed E-state index contributed by atoms with van der Waals surface area (Å²) in [5, 5.41) is 18.1. The van der Waals surface area contributed by atoms with Crippen LogP contribution >= 0.6 is 0 Å². The zero-order valence-corrected chi connectivity index (χ0v) is 3.60. The smallest absolute Gasteiger partial charge is 0.295 e. The van der Waals surface area contributed by atoms with Crippen molar-refractivity contribution in [2.24, 2.45) is 0 Å². The van der Waals surface area contributed by atoms with Gasteiger partial charge in [0.05, 0.1) is 0 Å². The Morgan fingerprint density at radius 1 is 1.67 bits per heavy atom. The van der Waals surface area contributed by atoms with E-state index in [1.807, 2.05) is 0 Å². The van der Waals surface area contributed by atoms with E-state index in [9.17, 15) is 0 Å². The molecule has 0 saturated carbocycles. The van der Waals surface area contributed by atoms with Crippen LogP contribution in [0.4, 0.5) is 0 Å². The van der Waals surface area contributed by atoms with E-state index in [4.69, 9.17) is 10.2 Å². The van der Waals surface area contributed by atoms with Crippen molar-refractivity contribution in [3.05, 3.63) is 6.41 Å². The SMILES string of the molecule is CCN[C](O)O. The molecule has 0 aromatic carbocycles. The predicted molar refractivity (Wildman–Crippen MR) is 20.8 cm³/mol. The molecule has 0 rings (SSSR count). The molecule has 3 N–H and O–H groups in total. The molecule has 0 bridgehead atoms. The lowest BCUT2D eigenvalue weighted by molar-refractivity contribution is 0.0545. The van der Waals surface area contributed by atoms with Crippen LogP contribution < -0.4 is 5.32 Å². The van der Waals surface area contributed by atoms with Gasteiger partial charge in [0, 0.05) is 0 Å². The molecule has 0 saturated heterocycles. The molecular formula is C3H8NO2. The normalized spacial score (nSPS) is 10.0. The molecule has 0 aromatic rings. The van der Waals surface area contributed by atoms with Crippen molar-refractivity contribution in [2.45, 2.75) is 6.92 Å². The molecule has 0 aliphatic carbocycles. The fourth-order valence-electron chi connectivity index (χ4n) is 0.158. The summed E-state index contributed by atoms with van der Waals surface area (Å²) in [5.41, 5.74) is 0. The highest BCUT2D eigenvalue weighted by Gasteiger charge is 1.89. The molecule has 0 unspecified atom stereocenters. The van der Waals surface area contributed by atoms with E-state index in [-0.39, 0.29) is 0 Å². The molecule has 0 spiro atoms. The van der Waals surface area contributed by atoms with Crippen LogP contribution in [-0.4, -0.2) is 16.8 Å². The molecule has 0 aromatic heterocycles. The van der Waals surface area contributed by atoms with Gasteiger partial charge >= 0.3 is 0 Å². The van der Waals surface area contributed by atoms with Gasteiger partial charge in [-0.3, -0.25) is 5.32 Å². The van der Waals surface area contributed by atoms with Crippen molar-refractivity contribution in [3.8, 4) is 0 Å². The van der Waals surface area contributed by atoms with Gasteiger partial charge in [0.2, 0.25) is 0 Å². The number of hydrogen-bond acceptors (Lipinski definition) is 3. The standard InChI is InChI=1S/C3H8NO2/c1-2-4-3(5)6/h4-6H,2H2,1H3. The number of nitrogens with one attached hydrogen (secondary N) is 1. The van der Waals surface area contributed by atoms with E-state index in [2.05, 4.69) is 5.32 Å². The van der Waals surface area contributed by atoms with Crippen molar-refractivity contribution in [2.75, 3.05) is 6.54 Å². The zero-order valence-electron chi connectivity index (χ0n) is 3.60. The minimum Gasteiger partial charge on any atom is -0.348 e. The number of hydrogen-bond donors (Lipinski definition) is 3. The predicted octanol–water partition coefficient (Wildman–Crippen LogP) is -0.212. The van der Waals surface area contributed by atoms with E-state index in [0.717, 1.165) is 0 Å². The second kappa shape index (κ2) is 3.08. The Morgan fingerprint density at radius 3 is 2.17 bits per heavy atom. The Bertz CT molecular complexity index is 30.0. The van der Waals surface area contributed by atoms with E-state index >= 15 is 0 Å². The molecule has 0 fully saturated rings. The third kappa shape index (κ3) is 3.88. The number of aliphatic hydroxyl groups is 2. The van der Waals surface area contributed by atoms with Gasteiger partial charge in [0.1, 0.15) is 0 Å². The summed E-state index contributed by atoms with van der Waals surface area (Å²) in [7, 11) is 0. The fraction of sp³-hybridized carbons (Fsp3) is 0.667. The lowest BCUT2D eigenvalue weighted by Gasteiger charge is -1.95. The molecule has 0 heterocycles. The van der Waals surface area contributed by atoms with E-state index in [0.29, 0.717) is 6.54 Å². The minimum absolute atomic E-state index is 0.544. The molecule has 0 amide bonds. The van der Waals surface area contributed by atoms with Crippen LogP contribution in [0, 0.1) is 6.41 Å². The molecule has 3 nitrogen and oxygen atoms in total. The minimum atomic E-state index is -0.711. The summed E-state index contributed by atoms with van der Waals surface area (Å²) in [6, 6.07) is 0. The third-order valence-electron chi connectivity index (χ3n) is 0.335. The first-order valence-electron chi connectivity index (χ1n) is 1.76. The second-order valence-corrected chi connectivity index (χ2v) is 0.854. The van der Waals surface area contributed by atoms with Crippen LogP contribution in [-0.2, 0) is 0 Å². The van der Waals surface area contributed by atoms with Gasteiger partial charge in [-0.05, 0) is 6.54 Å². The van der Waals surface area contributed by atoms with Gasteiger partial charge in [-0.15, -0.1) is 0 Å². The Balaban J connectivity index is 2.63. The first-order chi connectivity index (χ1) is 2.77. The Morgan fingerprint density at radius 2 is 2.17 bits per heavy atom. The summed E-state index contributed by atoms with van der Waals surface area (Å²) >= 11 is 0. The maximum absolute atomic E-state index is 7.91. The van der Waals surface area contributed by atoms with Gasteiger partial charge < -0.3 is 10.2 Å². The molecule has 6 heavy (non-hydrogen) atoms. The summed E-state index contributed by atoms with van der Waals surface area (Å²) in [6.45, 7) is 2.31. The van der Waals surface area contributed by atoms with E-state index < -0.39 is 6.41 Å². The van der Waals surface area contributed by atoms with Crippen LogP contribution in [0.2, 0.25) is 0 Å². The van der Waals surface area contributed by atoms with Crippen LogP contribution in [0.15, 0.2) is 0 Å². The molecule has 1 radical (unpaired) electrons. The van der Waals surface area contributed by atoms with Crippen LogP contribution in [0.1, 0.15) is 6.92 Å². The zero-order chi connectivity index (χ0) is 4.99. The molecule has 0 atom stereocenters. The Labute approximate surface area is 36.6 Å². The van der Waals surface area contributed by atoms with Crippen LogP contribution in [0.5, 0.6) is 0 Å². The quantitative estimate of drug-likeness (QED) is 0.439. The second-order valence-electron chi connectivity index (χ2n) is 0.854. The summed E-state index contributed by atoms with van der Waals surface area (Å²) in [6.07, 6.45) is -0.711.